The normalized spacial score (nSPS) is 10.5. The first-order valence-electron chi connectivity index (χ1n) is 9.94. The molecule has 0 radical (unpaired) electrons. The van der Waals surface area contributed by atoms with Gasteiger partial charge in [0.15, 0.2) is 0 Å². The van der Waals surface area contributed by atoms with Gasteiger partial charge in [0.1, 0.15) is 23.3 Å². The molecule has 0 bridgehead atoms. The fourth-order valence-corrected chi connectivity index (χ4v) is 3.14. The van der Waals surface area contributed by atoms with Crippen molar-refractivity contribution in [2.45, 2.75) is 64.5 Å². The molecule has 0 atom stereocenters. The van der Waals surface area contributed by atoms with Gasteiger partial charge < -0.3 is 0 Å². The van der Waals surface area contributed by atoms with Gasteiger partial charge in [-0.1, -0.05) is 38.5 Å². The van der Waals surface area contributed by atoms with E-state index in [2.05, 4.69) is 9.97 Å². The van der Waals surface area contributed by atoms with E-state index in [-0.39, 0.29) is 11.1 Å². The van der Waals surface area contributed by atoms with Crippen LogP contribution in [0.15, 0.2) is 31.6 Å². The Morgan fingerprint density at radius 3 is 1.30 bits per heavy atom. The zero-order valence-electron chi connectivity index (χ0n) is 16.6. The summed E-state index contributed by atoms with van der Waals surface area (Å²) in [7, 11) is 0. The molecule has 0 aliphatic heterocycles. The first-order chi connectivity index (χ1) is 14.5. The zero-order valence-corrected chi connectivity index (χ0v) is 16.6. The smallest absolute Gasteiger partial charge is 0.299 e. The summed E-state index contributed by atoms with van der Waals surface area (Å²) < 4.78 is 2.72. The minimum Gasteiger partial charge on any atom is -0.299 e. The average molecular weight is 412 g/mol. The first kappa shape index (κ1) is 22.6. The van der Waals surface area contributed by atoms with Gasteiger partial charge in [-0.05, 0) is 12.8 Å². The third kappa shape index (κ3) is 6.45. The summed E-state index contributed by atoms with van der Waals surface area (Å²) in [5.41, 5.74) is -2.44. The maximum Gasteiger partial charge on any atom is 0.328 e. The van der Waals surface area contributed by atoms with Crippen LogP contribution in [0.5, 0.6) is 0 Å². The van der Waals surface area contributed by atoms with Crippen molar-refractivity contribution >= 4 is 0 Å². The molecule has 0 spiro atoms. The predicted octanol–water partition coefficient (Wildman–Crippen LogP) is 0.951. The van der Waals surface area contributed by atoms with Crippen molar-refractivity contribution < 1.29 is 0 Å². The molecule has 10 heteroatoms. The molecule has 0 amide bonds. The van der Waals surface area contributed by atoms with Gasteiger partial charge in [0, 0.05) is 25.5 Å². The quantitative estimate of drug-likeness (QED) is 0.523. The van der Waals surface area contributed by atoms with Crippen molar-refractivity contribution in [2.75, 3.05) is 0 Å². The third-order valence-electron chi connectivity index (χ3n) is 4.81. The second kappa shape index (κ2) is 11.4. The van der Waals surface area contributed by atoms with Gasteiger partial charge >= 0.3 is 11.4 Å². The lowest BCUT2D eigenvalue weighted by molar-refractivity contribution is 0.514. The number of aryl methyl sites for hydroxylation is 2. The number of rotatable bonds is 11. The van der Waals surface area contributed by atoms with Crippen LogP contribution in [-0.4, -0.2) is 19.1 Å². The highest BCUT2D eigenvalue weighted by atomic mass is 16.2. The molecule has 158 valence electrons. The van der Waals surface area contributed by atoms with Crippen molar-refractivity contribution in [3.63, 3.8) is 0 Å². The Balaban J connectivity index is 1.59. The Kier molecular flexibility index (Phi) is 8.57. The molecule has 2 aromatic heterocycles. The van der Waals surface area contributed by atoms with Crippen LogP contribution in [0.2, 0.25) is 0 Å². The lowest BCUT2D eigenvalue weighted by atomic mass is 10.1. The summed E-state index contributed by atoms with van der Waals surface area (Å²) >= 11 is 0. The molecule has 2 heterocycles. The van der Waals surface area contributed by atoms with Crippen molar-refractivity contribution in [3.05, 3.63) is 65.2 Å². The highest BCUT2D eigenvalue weighted by Gasteiger charge is 2.04. The number of hydrogen-bond donors (Lipinski definition) is 2. The van der Waals surface area contributed by atoms with Gasteiger partial charge in [-0.25, -0.2) is 9.59 Å². The van der Waals surface area contributed by atoms with Crippen LogP contribution in [0.4, 0.5) is 0 Å². The van der Waals surface area contributed by atoms with Gasteiger partial charge in [-0.15, -0.1) is 0 Å². The fourth-order valence-electron chi connectivity index (χ4n) is 3.14. The van der Waals surface area contributed by atoms with Crippen LogP contribution in [0.25, 0.3) is 0 Å². The lowest BCUT2D eigenvalue weighted by Gasteiger charge is -2.06. The maximum absolute atomic E-state index is 11.7. The Hall–Kier alpha value is -3.66. The molecular formula is C20H24N6O4. The number of nitriles is 2. The minimum absolute atomic E-state index is 0.0671. The van der Waals surface area contributed by atoms with E-state index in [1.807, 2.05) is 0 Å². The van der Waals surface area contributed by atoms with E-state index in [1.165, 1.54) is 21.5 Å². The summed E-state index contributed by atoms with van der Waals surface area (Å²) in [6, 6.07) is 3.53. The van der Waals surface area contributed by atoms with Crippen molar-refractivity contribution in [1.82, 2.24) is 19.1 Å². The molecule has 2 rings (SSSR count). The van der Waals surface area contributed by atoms with E-state index >= 15 is 0 Å². The Labute approximate surface area is 172 Å². The van der Waals surface area contributed by atoms with Gasteiger partial charge in [-0.3, -0.25) is 28.7 Å². The number of H-pyrrole nitrogens is 2. The topological polar surface area (TPSA) is 157 Å². The maximum atomic E-state index is 11.7. The molecule has 0 saturated carbocycles. The average Bonchev–Trinajstić information content (AvgIpc) is 2.72. The molecule has 0 fully saturated rings. The number of aromatic nitrogens is 4. The number of hydrogen-bond acceptors (Lipinski definition) is 6. The third-order valence-corrected chi connectivity index (χ3v) is 4.81. The fraction of sp³-hybridized carbons (Fsp3) is 0.500. The Morgan fingerprint density at radius 2 is 0.967 bits per heavy atom. The first-order valence-corrected chi connectivity index (χ1v) is 9.94. The summed E-state index contributed by atoms with van der Waals surface area (Å²) in [6.07, 6.45) is 10.2. The van der Waals surface area contributed by atoms with Crippen molar-refractivity contribution in [1.29, 1.82) is 10.5 Å². The van der Waals surface area contributed by atoms with Gasteiger partial charge in [0.05, 0.1) is 0 Å². The van der Waals surface area contributed by atoms with E-state index in [1.54, 1.807) is 12.1 Å². The summed E-state index contributed by atoms with van der Waals surface area (Å²) in [4.78, 5) is 50.4. The summed E-state index contributed by atoms with van der Waals surface area (Å²) in [5.74, 6) is 0. The summed E-state index contributed by atoms with van der Waals surface area (Å²) in [6.45, 7) is 0.922. The largest absolute Gasteiger partial charge is 0.328 e. The molecule has 30 heavy (non-hydrogen) atoms. The Bertz CT molecular complexity index is 1080. The van der Waals surface area contributed by atoms with Gasteiger partial charge in [-0.2, -0.15) is 10.5 Å². The van der Waals surface area contributed by atoms with E-state index in [0.29, 0.717) is 13.1 Å². The van der Waals surface area contributed by atoms with Gasteiger partial charge in [0.2, 0.25) is 0 Å². The predicted molar refractivity (Wildman–Crippen MR) is 109 cm³/mol. The highest BCUT2D eigenvalue weighted by Crippen LogP contribution is 2.09. The molecule has 0 unspecified atom stereocenters. The SMILES string of the molecule is N#Cc1cn(CCCCCCCCCCn2cc(C#N)c(=O)[nH]c2=O)c(=O)[nH]c1=O. The van der Waals surface area contributed by atoms with E-state index in [9.17, 15) is 19.2 Å². The van der Waals surface area contributed by atoms with Crippen LogP contribution in [0.1, 0.15) is 62.5 Å². The number of nitrogens with one attached hydrogen (secondary N) is 2. The molecular weight excluding hydrogens is 388 g/mol. The van der Waals surface area contributed by atoms with Crippen molar-refractivity contribution in [3.8, 4) is 12.1 Å². The molecule has 2 aromatic rings. The minimum atomic E-state index is -0.658. The van der Waals surface area contributed by atoms with Crippen LogP contribution in [0.3, 0.4) is 0 Å². The molecule has 2 N–H and O–H groups in total. The lowest BCUT2D eigenvalue weighted by Crippen LogP contribution is -2.31. The van der Waals surface area contributed by atoms with E-state index in [0.717, 1.165) is 51.4 Å². The van der Waals surface area contributed by atoms with Crippen molar-refractivity contribution in [2.24, 2.45) is 0 Å². The standard InChI is InChI=1S/C20H24N6O4/c21-11-15-13-25(19(29)23-17(15)27)9-7-5-3-1-2-4-6-8-10-26-14-16(12-22)18(28)24-20(26)30/h13-14H,1-10H2,(H,23,27,29)(H,24,28,30). The highest BCUT2D eigenvalue weighted by molar-refractivity contribution is 5.22. The number of unbranched alkanes of at least 4 members (excludes halogenated alkanes) is 7. The number of nitrogens with zero attached hydrogens (tertiary/aromatic N) is 4. The van der Waals surface area contributed by atoms with E-state index < -0.39 is 22.5 Å². The van der Waals surface area contributed by atoms with Crippen LogP contribution in [-0.2, 0) is 13.1 Å². The molecule has 0 aromatic carbocycles. The van der Waals surface area contributed by atoms with E-state index in [4.69, 9.17) is 10.5 Å². The van der Waals surface area contributed by atoms with Crippen LogP contribution in [0, 0.1) is 22.7 Å². The van der Waals surface area contributed by atoms with Crippen LogP contribution < -0.4 is 22.5 Å². The molecule has 10 nitrogen and oxygen atoms in total. The summed E-state index contributed by atoms with van der Waals surface area (Å²) in [5, 5.41) is 17.7. The Morgan fingerprint density at radius 1 is 0.633 bits per heavy atom. The van der Waals surface area contributed by atoms with Gasteiger partial charge in [0.25, 0.3) is 11.1 Å². The second-order valence-electron chi connectivity index (χ2n) is 7.04. The molecule has 0 aliphatic carbocycles. The monoisotopic (exact) mass is 412 g/mol. The van der Waals surface area contributed by atoms with Crippen LogP contribution >= 0.6 is 0 Å². The molecule has 0 saturated heterocycles. The molecule has 0 aliphatic rings. The second-order valence-corrected chi connectivity index (χ2v) is 7.04. The number of aromatic amines is 2. The zero-order chi connectivity index (χ0) is 21.9.